The van der Waals surface area contributed by atoms with Crippen LogP contribution in [0.1, 0.15) is 11.1 Å². The first-order valence-electron chi connectivity index (χ1n) is 8.63. The average molecular weight is 497 g/mol. The van der Waals surface area contributed by atoms with Crippen LogP contribution in [0.4, 0.5) is 8.78 Å². The van der Waals surface area contributed by atoms with E-state index in [0.29, 0.717) is 31.0 Å². The molecule has 3 rings (SSSR count). The van der Waals surface area contributed by atoms with Crippen LogP contribution in [0.3, 0.4) is 0 Å². The van der Waals surface area contributed by atoms with Crippen molar-refractivity contribution in [3.8, 4) is 5.69 Å². The van der Waals surface area contributed by atoms with Crippen LogP contribution in [0.25, 0.3) is 5.69 Å². The second-order valence-corrected chi connectivity index (χ2v) is 5.96. The summed E-state index contributed by atoms with van der Waals surface area (Å²) in [6, 6.07) is 13.3. The van der Waals surface area contributed by atoms with E-state index < -0.39 is 11.6 Å². The standard InChI is InChI=1S/C20H21F2N5.HI/c1-23-20(24-10-8-16-13-17(21)6-7-19(16)22)25-14-15-4-2-5-18(12-15)27-11-3-9-26-27;/h2-7,9,11-13H,8,10,14H2,1H3,(H2,23,24,25);1H. The Morgan fingerprint density at radius 2 is 1.96 bits per heavy atom. The molecule has 0 aliphatic rings. The van der Waals surface area contributed by atoms with Gasteiger partial charge in [-0.15, -0.1) is 24.0 Å². The lowest BCUT2D eigenvalue weighted by Gasteiger charge is -2.13. The van der Waals surface area contributed by atoms with E-state index in [4.69, 9.17) is 0 Å². The number of benzene rings is 2. The number of aliphatic imine (C=N–C) groups is 1. The van der Waals surface area contributed by atoms with E-state index in [2.05, 4.69) is 20.7 Å². The summed E-state index contributed by atoms with van der Waals surface area (Å²) in [5, 5.41) is 10.5. The summed E-state index contributed by atoms with van der Waals surface area (Å²) in [5.41, 5.74) is 2.39. The number of halogens is 3. The molecule has 0 spiro atoms. The van der Waals surface area contributed by atoms with Gasteiger partial charge in [-0.25, -0.2) is 13.5 Å². The third-order valence-electron chi connectivity index (χ3n) is 4.06. The zero-order chi connectivity index (χ0) is 19.1. The Morgan fingerprint density at radius 1 is 1.11 bits per heavy atom. The van der Waals surface area contributed by atoms with Gasteiger partial charge in [-0.05, 0) is 53.9 Å². The lowest BCUT2D eigenvalue weighted by molar-refractivity contribution is 0.583. The minimum absolute atomic E-state index is 0. The Bertz CT molecular complexity index is 913. The fraction of sp³-hybridized carbons (Fsp3) is 0.200. The number of nitrogens with zero attached hydrogens (tertiary/aromatic N) is 3. The first-order valence-corrected chi connectivity index (χ1v) is 8.63. The van der Waals surface area contributed by atoms with Crippen molar-refractivity contribution in [2.75, 3.05) is 13.6 Å². The van der Waals surface area contributed by atoms with Gasteiger partial charge < -0.3 is 10.6 Å². The van der Waals surface area contributed by atoms with Crippen LogP contribution in [0.15, 0.2) is 65.9 Å². The summed E-state index contributed by atoms with van der Waals surface area (Å²) in [4.78, 5) is 4.16. The molecule has 3 aromatic rings. The summed E-state index contributed by atoms with van der Waals surface area (Å²) in [7, 11) is 1.66. The Hall–Kier alpha value is -2.49. The van der Waals surface area contributed by atoms with Gasteiger partial charge in [0, 0.05) is 32.5 Å². The predicted octanol–water partition coefficient (Wildman–Crippen LogP) is 3.68. The molecule has 0 saturated heterocycles. The molecule has 8 heteroatoms. The molecule has 0 bridgehead atoms. The van der Waals surface area contributed by atoms with Crippen molar-refractivity contribution < 1.29 is 8.78 Å². The molecule has 28 heavy (non-hydrogen) atoms. The summed E-state index contributed by atoms with van der Waals surface area (Å²) in [6.45, 7) is 1.01. The zero-order valence-corrected chi connectivity index (χ0v) is 17.7. The smallest absolute Gasteiger partial charge is 0.191 e. The molecular formula is C20H22F2IN5. The van der Waals surface area contributed by atoms with Gasteiger partial charge in [-0.2, -0.15) is 5.10 Å². The van der Waals surface area contributed by atoms with Crippen LogP contribution in [0, 0.1) is 11.6 Å². The van der Waals surface area contributed by atoms with Crippen molar-refractivity contribution in [2.45, 2.75) is 13.0 Å². The molecule has 1 aromatic heterocycles. The summed E-state index contributed by atoms with van der Waals surface area (Å²) >= 11 is 0. The third-order valence-corrected chi connectivity index (χ3v) is 4.06. The molecule has 5 nitrogen and oxygen atoms in total. The van der Waals surface area contributed by atoms with Crippen molar-refractivity contribution >= 4 is 29.9 Å². The van der Waals surface area contributed by atoms with E-state index >= 15 is 0 Å². The lowest BCUT2D eigenvalue weighted by atomic mass is 10.1. The summed E-state index contributed by atoms with van der Waals surface area (Å²) in [5.74, 6) is -0.251. The number of nitrogens with one attached hydrogen (secondary N) is 2. The van der Waals surface area contributed by atoms with Gasteiger partial charge in [0.15, 0.2) is 5.96 Å². The highest BCUT2D eigenvalue weighted by Crippen LogP contribution is 2.10. The maximum absolute atomic E-state index is 13.7. The lowest BCUT2D eigenvalue weighted by Crippen LogP contribution is -2.37. The molecule has 2 aromatic carbocycles. The number of hydrogen-bond acceptors (Lipinski definition) is 2. The van der Waals surface area contributed by atoms with E-state index in [9.17, 15) is 8.78 Å². The molecule has 0 amide bonds. The van der Waals surface area contributed by atoms with Crippen LogP contribution in [0.5, 0.6) is 0 Å². The first-order chi connectivity index (χ1) is 13.2. The highest BCUT2D eigenvalue weighted by Gasteiger charge is 2.05. The van der Waals surface area contributed by atoms with Crippen LogP contribution >= 0.6 is 24.0 Å². The second kappa shape index (κ2) is 10.7. The van der Waals surface area contributed by atoms with Crippen molar-refractivity contribution in [1.82, 2.24) is 20.4 Å². The third kappa shape index (κ3) is 6.01. The minimum Gasteiger partial charge on any atom is -0.356 e. The fourth-order valence-corrected chi connectivity index (χ4v) is 2.69. The minimum atomic E-state index is -0.439. The highest BCUT2D eigenvalue weighted by molar-refractivity contribution is 14.0. The van der Waals surface area contributed by atoms with E-state index in [1.165, 1.54) is 6.07 Å². The number of guanidine groups is 1. The molecule has 0 unspecified atom stereocenters. The molecule has 0 fully saturated rings. The fourth-order valence-electron chi connectivity index (χ4n) is 2.69. The Labute approximate surface area is 179 Å². The largest absolute Gasteiger partial charge is 0.356 e. The van der Waals surface area contributed by atoms with Gasteiger partial charge in [0.1, 0.15) is 11.6 Å². The van der Waals surface area contributed by atoms with Crippen LogP contribution in [-0.4, -0.2) is 29.3 Å². The highest BCUT2D eigenvalue weighted by atomic mass is 127. The predicted molar refractivity (Wildman–Crippen MR) is 117 cm³/mol. The quantitative estimate of drug-likeness (QED) is 0.311. The average Bonchev–Trinajstić information content (AvgIpc) is 3.22. The molecule has 0 aliphatic heterocycles. The Kier molecular flexibility index (Phi) is 8.37. The maximum atomic E-state index is 13.7. The van der Waals surface area contributed by atoms with Gasteiger partial charge >= 0.3 is 0 Å². The molecule has 1 heterocycles. The van der Waals surface area contributed by atoms with Crippen LogP contribution in [-0.2, 0) is 13.0 Å². The van der Waals surface area contributed by atoms with Crippen LogP contribution < -0.4 is 10.6 Å². The molecular weight excluding hydrogens is 475 g/mol. The van der Waals surface area contributed by atoms with Gasteiger partial charge in [0.25, 0.3) is 0 Å². The summed E-state index contributed by atoms with van der Waals surface area (Å²) in [6.07, 6.45) is 3.98. The van der Waals surface area contributed by atoms with Crippen molar-refractivity contribution in [3.05, 3.63) is 83.7 Å². The number of aromatic nitrogens is 2. The van der Waals surface area contributed by atoms with Gasteiger partial charge in [-0.1, -0.05) is 12.1 Å². The molecule has 2 N–H and O–H groups in total. The molecule has 0 aliphatic carbocycles. The van der Waals surface area contributed by atoms with Crippen molar-refractivity contribution in [1.29, 1.82) is 0 Å². The zero-order valence-electron chi connectivity index (χ0n) is 15.4. The molecule has 0 saturated carbocycles. The normalized spacial score (nSPS) is 11.0. The van der Waals surface area contributed by atoms with Crippen LogP contribution in [0.2, 0.25) is 0 Å². The SMILES string of the molecule is CN=C(NCCc1cc(F)ccc1F)NCc1cccc(-n2cccn2)c1.I. The van der Waals surface area contributed by atoms with E-state index in [1.54, 1.807) is 17.9 Å². The van der Waals surface area contributed by atoms with Gasteiger partial charge in [0.05, 0.1) is 5.69 Å². The maximum Gasteiger partial charge on any atom is 0.191 e. The summed E-state index contributed by atoms with van der Waals surface area (Å²) < 4.78 is 28.7. The Morgan fingerprint density at radius 3 is 2.71 bits per heavy atom. The number of rotatable bonds is 6. The first kappa shape index (κ1) is 21.8. The number of hydrogen-bond donors (Lipinski definition) is 2. The van der Waals surface area contributed by atoms with Crippen molar-refractivity contribution in [3.63, 3.8) is 0 Å². The van der Waals surface area contributed by atoms with E-state index in [0.717, 1.165) is 23.4 Å². The van der Waals surface area contributed by atoms with E-state index in [-0.39, 0.29) is 24.0 Å². The topological polar surface area (TPSA) is 54.2 Å². The monoisotopic (exact) mass is 497 g/mol. The molecule has 0 atom stereocenters. The molecule has 0 radical (unpaired) electrons. The molecule has 148 valence electrons. The van der Waals surface area contributed by atoms with Gasteiger partial charge in [0.2, 0.25) is 0 Å². The second-order valence-electron chi connectivity index (χ2n) is 5.96. The van der Waals surface area contributed by atoms with E-state index in [1.807, 2.05) is 36.5 Å². The van der Waals surface area contributed by atoms with Crippen molar-refractivity contribution in [2.24, 2.45) is 4.99 Å². The Balaban J connectivity index is 0.00000280. The van der Waals surface area contributed by atoms with Gasteiger partial charge in [-0.3, -0.25) is 4.99 Å².